The van der Waals surface area contributed by atoms with E-state index in [9.17, 15) is 9.90 Å². The van der Waals surface area contributed by atoms with E-state index in [1.807, 2.05) is 12.1 Å². The van der Waals surface area contributed by atoms with Crippen molar-refractivity contribution in [2.75, 3.05) is 32.0 Å². The van der Waals surface area contributed by atoms with E-state index >= 15 is 0 Å². The van der Waals surface area contributed by atoms with Crippen molar-refractivity contribution in [3.63, 3.8) is 0 Å². The number of carbonyl (C=O) groups excluding carboxylic acids is 1. The summed E-state index contributed by atoms with van der Waals surface area (Å²) in [7, 11) is 0. The van der Waals surface area contributed by atoms with Gasteiger partial charge in [-0.05, 0) is 31.5 Å². The van der Waals surface area contributed by atoms with Crippen LogP contribution in [0.5, 0.6) is 0 Å². The summed E-state index contributed by atoms with van der Waals surface area (Å²) in [5, 5.41) is 12.4. The summed E-state index contributed by atoms with van der Waals surface area (Å²) in [6.07, 6.45) is 4.77. The van der Waals surface area contributed by atoms with Gasteiger partial charge in [-0.3, -0.25) is 9.69 Å². The summed E-state index contributed by atoms with van der Waals surface area (Å²) < 4.78 is 0. The van der Waals surface area contributed by atoms with Crippen LogP contribution in [0.15, 0.2) is 36.7 Å². The molecule has 1 aliphatic heterocycles. The number of rotatable bonds is 6. The largest absolute Gasteiger partial charge is 0.395 e. The van der Waals surface area contributed by atoms with Gasteiger partial charge in [0.1, 0.15) is 12.1 Å². The Bertz CT molecular complexity index is 735. The maximum absolute atomic E-state index is 12.3. The van der Waals surface area contributed by atoms with Crippen LogP contribution >= 0.6 is 0 Å². The van der Waals surface area contributed by atoms with E-state index in [4.69, 9.17) is 5.73 Å². The molecule has 0 spiro atoms. The Kier molecular flexibility index (Phi) is 6.14. The number of amides is 1. The first-order valence-corrected chi connectivity index (χ1v) is 8.98. The topological polar surface area (TPSA) is 104 Å². The molecule has 26 heavy (non-hydrogen) atoms. The minimum Gasteiger partial charge on any atom is -0.395 e. The van der Waals surface area contributed by atoms with Crippen molar-refractivity contribution in [3.8, 4) is 11.3 Å². The Morgan fingerprint density at radius 2 is 2.08 bits per heavy atom. The first kappa shape index (κ1) is 18.3. The monoisotopic (exact) mass is 355 g/mol. The molecule has 2 aromatic rings. The van der Waals surface area contributed by atoms with Gasteiger partial charge in [0, 0.05) is 36.3 Å². The molecule has 1 fully saturated rings. The number of nitrogen functional groups attached to an aromatic ring is 1. The number of anilines is 1. The van der Waals surface area contributed by atoms with Crippen molar-refractivity contribution in [2.45, 2.75) is 25.3 Å². The number of nitrogens with two attached hydrogens (primary N) is 1. The molecule has 7 heteroatoms. The molecule has 1 atom stereocenters. The molecular weight excluding hydrogens is 330 g/mol. The van der Waals surface area contributed by atoms with Gasteiger partial charge in [-0.25, -0.2) is 9.97 Å². The molecule has 1 aromatic carbocycles. The summed E-state index contributed by atoms with van der Waals surface area (Å²) >= 11 is 0. The molecule has 3 rings (SSSR count). The summed E-state index contributed by atoms with van der Waals surface area (Å²) in [5.41, 5.74) is 7.89. The second kappa shape index (κ2) is 8.73. The van der Waals surface area contributed by atoms with Gasteiger partial charge in [-0.15, -0.1) is 0 Å². The van der Waals surface area contributed by atoms with E-state index in [0.29, 0.717) is 17.9 Å². The fraction of sp³-hybridized carbons (Fsp3) is 0.421. The minimum atomic E-state index is -0.101. The third kappa shape index (κ3) is 4.56. The van der Waals surface area contributed by atoms with Crippen LogP contribution in [0.2, 0.25) is 0 Å². The zero-order valence-electron chi connectivity index (χ0n) is 14.8. The van der Waals surface area contributed by atoms with E-state index in [0.717, 1.165) is 37.2 Å². The Morgan fingerprint density at radius 1 is 1.27 bits per heavy atom. The van der Waals surface area contributed by atoms with Crippen LogP contribution in [0.3, 0.4) is 0 Å². The molecule has 1 aliphatic rings. The molecule has 0 bridgehead atoms. The van der Waals surface area contributed by atoms with Crippen LogP contribution < -0.4 is 11.1 Å². The molecule has 1 saturated heterocycles. The van der Waals surface area contributed by atoms with Gasteiger partial charge in [-0.1, -0.05) is 18.6 Å². The van der Waals surface area contributed by atoms with E-state index < -0.39 is 0 Å². The van der Waals surface area contributed by atoms with Crippen molar-refractivity contribution >= 4 is 11.7 Å². The number of nitrogens with zero attached hydrogens (tertiary/aromatic N) is 3. The maximum atomic E-state index is 12.3. The SMILES string of the molecule is Nc1cc(-c2ccc(C(=O)NCCN3CCCC[C@H]3CO)cc2)ncn1. The molecule has 0 radical (unpaired) electrons. The zero-order valence-corrected chi connectivity index (χ0v) is 14.8. The number of nitrogens with one attached hydrogen (secondary N) is 1. The lowest BCUT2D eigenvalue weighted by atomic mass is 10.0. The number of aliphatic hydroxyl groups is 1. The molecule has 1 amide bonds. The lowest BCUT2D eigenvalue weighted by Crippen LogP contribution is -2.45. The van der Waals surface area contributed by atoms with Gasteiger partial charge in [-0.2, -0.15) is 0 Å². The number of aliphatic hydroxyl groups excluding tert-OH is 1. The average molecular weight is 355 g/mol. The zero-order chi connectivity index (χ0) is 18.4. The summed E-state index contributed by atoms with van der Waals surface area (Å²) in [4.78, 5) is 22.6. The first-order valence-electron chi connectivity index (χ1n) is 8.98. The third-order valence-corrected chi connectivity index (χ3v) is 4.78. The molecule has 138 valence electrons. The minimum absolute atomic E-state index is 0.101. The van der Waals surface area contributed by atoms with Gasteiger partial charge in [0.05, 0.1) is 12.3 Å². The van der Waals surface area contributed by atoms with Gasteiger partial charge in [0.25, 0.3) is 5.91 Å². The first-order chi connectivity index (χ1) is 12.7. The Balaban J connectivity index is 1.53. The van der Waals surface area contributed by atoms with E-state index in [1.54, 1.807) is 18.2 Å². The fourth-order valence-electron chi connectivity index (χ4n) is 3.30. The highest BCUT2D eigenvalue weighted by Gasteiger charge is 2.21. The van der Waals surface area contributed by atoms with Crippen LogP contribution in [-0.4, -0.2) is 58.2 Å². The number of benzene rings is 1. The molecular formula is C19H25N5O2. The molecule has 4 N–H and O–H groups in total. The standard InChI is InChI=1S/C19H25N5O2/c20-18-11-17(22-13-23-18)14-4-6-15(7-5-14)19(26)21-8-10-24-9-2-1-3-16(24)12-25/h4-7,11,13,16,25H,1-3,8-10,12H2,(H,21,26)(H2,20,22,23)/t16-/m0/s1. The number of likely N-dealkylation sites (tertiary alicyclic amines) is 1. The van der Waals surface area contributed by atoms with Crippen molar-refractivity contribution in [1.82, 2.24) is 20.2 Å². The number of hydrogen-bond acceptors (Lipinski definition) is 6. The normalized spacial score (nSPS) is 17.8. The van der Waals surface area contributed by atoms with E-state index in [2.05, 4.69) is 20.2 Å². The van der Waals surface area contributed by atoms with Crippen molar-refractivity contribution < 1.29 is 9.90 Å². The summed E-state index contributed by atoms with van der Waals surface area (Å²) in [5.74, 6) is 0.312. The predicted octanol–water partition coefficient (Wildman–Crippen LogP) is 1.30. The van der Waals surface area contributed by atoms with Crippen molar-refractivity contribution in [2.24, 2.45) is 0 Å². The number of piperidine rings is 1. The summed E-state index contributed by atoms with van der Waals surface area (Å²) in [6, 6.07) is 9.18. The lowest BCUT2D eigenvalue weighted by molar-refractivity contribution is 0.0849. The van der Waals surface area contributed by atoms with Gasteiger partial charge in [0.2, 0.25) is 0 Å². The smallest absolute Gasteiger partial charge is 0.251 e. The summed E-state index contributed by atoms with van der Waals surface area (Å²) in [6.45, 7) is 2.50. The molecule has 2 heterocycles. The molecule has 0 saturated carbocycles. The Labute approximate surface area is 153 Å². The maximum Gasteiger partial charge on any atom is 0.251 e. The van der Waals surface area contributed by atoms with Crippen molar-refractivity contribution in [3.05, 3.63) is 42.2 Å². The predicted molar refractivity (Wildman–Crippen MR) is 101 cm³/mol. The average Bonchev–Trinajstić information content (AvgIpc) is 2.68. The highest BCUT2D eigenvalue weighted by Crippen LogP contribution is 2.18. The third-order valence-electron chi connectivity index (χ3n) is 4.78. The highest BCUT2D eigenvalue weighted by atomic mass is 16.3. The van der Waals surface area contributed by atoms with Gasteiger partial charge < -0.3 is 16.2 Å². The fourth-order valence-corrected chi connectivity index (χ4v) is 3.30. The van der Waals surface area contributed by atoms with Gasteiger partial charge >= 0.3 is 0 Å². The molecule has 1 aromatic heterocycles. The number of aromatic nitrogens is 2. The molecule has 7 nitrogen and oxygen atoms in total. The Morgan fingerprint density at radius 3 is 2.81 bits per heavy atom. The van der Waals surface area contributed by atoms with E-state index in [1.165, 1.54) is 12.7 Å². The quantitative estimate of drug-likeness (QED) is 0.721. The second-order valence-electron chi connectivity index (χ2n) is 6.53. The number of carbonyl (C=O) groups is 1. The highest BCUT2D eigenvalue weighted by molar-refractivity contribution is 5.94. The van der Waals surface area contributed by atoms with Crippen LogP contribution in [-0.2, 0) is 0 Å². The van der Waals surface area contributed by atoms with Crippen LogP contribution in [0, 0.1) is 0 Å². The Hall–Kier alpha value is -2.51. The van der Waals surface area contributed by atoms with Crippen LogP contribution in [0.25, 0.3) is 11.3 Å². The van der Waals surface area contributed by atoms with Crippen molar-refractivity contribution in [1.29, 1.82) is 0 Å². The van der Waals surface area contributed by atoms with Gasteiger partial charge in [0.15, 0.2) is 0 Å². The molecule has 0 unspecified atom stereocenters. The van der Waals surface area contributed by atoms with Crippen LogP contribution in [0.1, 0.15) is 29.6 Å². The van der Waals surface area contributed by atoms with E-state index in [-0.39, 0.29) is 18.6 Å². The van der Waals surface area contributed by atoms with Crippen LogP contribution in [0.4, 0.5) is 5.82 Å². The second-order valence-corrected chi connectivity index (χ2v) is 6.53. The lowest BCUT2D eigenvalue weighted by Gasteiger charge is -2.34. The number of hydrogen-bond donors (Lipinski definition) is 3. The molecule has 0 aliphatic carbocycles.